The quantitative estimate of drug-likeness (QED) is 0.737. The van der Waals surface area contributed by atoms with Gasteiger partial charge in [-0.1, -0.05) is 28.1 Å². The summed E-state index contributed by atoms with van der Waals surface area (Å²) in [4.78, 5) is 11.1. The van der Waals surface area contributed by atoms with Gasteiger partial charge in [0.05, 0.1) is 4.83 Å². The van der Waals surface area contributed by atoms with Gasteiger partial charge >= 0.3 is 0 Å². The van der Waals surface area contributed by atoms with Crippen molar-refractivity contribution in [3.63, 3.8) is 0 Å². The maximum Gasteiger partial charge on any atom is 0.147 e. The molecular weight excluding hydrogens is 240 g/mol. The molecule has 0 aliphatic carbocycles. The van der Waals surface area contributed by atoms with Gasteiger partial charge in [0, 0.05) is 0 Å². The number of carbonyl (C=O) groups is 1. The van der Waals surface area contributed by atoms with Gasteiger partial charge in [-0.25, -0.2) is 0 Å². The van der Waals surface area contributed by atoms with Gasteiger partial charge in [-0.05, 0) is 49.9 Å². The number of rotatable bonds is 2. The molecule has 0 amide bonds. The lowest BCUT2D eigenvalue weighted by molar-refractivity contribution is -0.116. The Morgan fingerprint density at radius 3 is 2.29 bits per heavy atom. The number of hydrogen-bond donors (Lipinski definition) is 0. The summed E-state index contributed by atoms with van der Waals surface area (Å²) >= 11 is 3.41. The lowest BCUT2D eigenvalue weighted by Gasteiger charge is -2.14. The predicted octanol–water partition coefficient (Wildman–Crippen LogP) is 3.64. The highest BCUT2D eigenvalue weighted by molar-refractivity contribution is 9.09. The number of aryl methyl sites for hydroxylation is 1. The molecule has 0 spiro atoms. The monoisotopic (exact) mass is 254 g/mol. The summed E-state index contributed by atoms with van der Waals surface area (Å²) in [5.74, 6) is 0.149. The lowest BCUT2D eigenvalue weighted by Crippen LogP contribution is -2.04. The van der Waals surface area contributed by atoms with E-state index in [-0.39, 0.29) is 10.6 Å². The van der Waals surface area contributed by atoms with Crippen LogP contribution in [0, 0.1) is 20.8 Å². The van der Waals surface area contributed by atoms with Crippen LogP contribution in [-0.4, -0.2) is 5.78 Å². The van der Waals surface area contributed by atoms with Gasteiger partial charge in [0.25, 0.3) is 0 Å². The molecule has 0 N–H and O–H groups in total. The van der Waals surface area contributed by atoms with Crippen molar-refractivity contribution in [2.75, 3.05) is 0 Å². The second-order valence-electron chi connectivity index (χ2n) is 3.69. The molecule has 0 saturated heterocycles. The molecule has 0 aliphatic heterocycles. The highest BCUT2D eigenvalue weighted by atomic mass is 79.9. The fraction of sp³-hybridized carbons (Fsp3) is 0.417. The summed E-state index contributed by atoms with van der Waals surface area (Å²) in [7, 11) is 0. The maximum absolute atomic E-state index is 11.2. The first-order valence-electron chi connectivity index (χ1n) is 4.66. The molecule has 1 unspecified atom stereocenters. The summed E-state index contributed by atoms with van der Waals surface area (Å²) in [5.41, 5.74) is 4.84. The number of ketones is 1. The molecule has 0 radical (unpaired) electrons. The molecule has 0 bridgehead atoms. The van der Waals surface area contributed by atoms with E-state index in [1.165, 1.54) is 16.7 Å². The summed E-state index contributed by atoms with van der Waals surface area (Å²) in [6.45, 7) is 7.85. The second-order valence-corrected chi connectivity index (χ2v) is 4.61. The number of Topliss-reactive ketones (excluding diaryl/α,β-unsaturated/α-hetero) is 1. The van der Waals surface area contributed by atoms with Crippen LogP contribution in [0.25, 0.3) is 0 Å². The van der Waals surface area contributed by atoms with Crippen molar-refractivity contribution in [1.29, 1.82) is 0 Å². The van der Waals surface area contributed by atoms with E-state index >= 15 is 0 Å². The Labute approximate surface area is 93.7 Å². The Hall–Kier alpha value is -0.630. The number of hydrogen-bond acceptors (Lipinski definition) is 1. The second kappa shape index (κ2) is 4.26. The highest BCUT2D eigenvalue weighted by Gasteiger charge is 2.15. The van der Waals surface area contributed by atoms with Crippen molar-refractivity contribution in [1.82, 2.24) is 0 Å². The van der Waals surface area contributed by atoms with Crippen molar-refractivity contribution in [3.8, 4) is 0 Å². The SMILES string of the molecule is CC(=O)C(Br)c1ccc(C)c(C)c1C. The Balaban J connectivity index is 3.24. The first-order valence-corrected chi connectivity index (χ1v) is 5.58. The largest absolute Gasteiger partial charge is 0.298 e. The van der Waals surface area contributed by atoms with E-state index in [0.717, 1.165) is 5.56 Å². The molecule has 1 nitrogen and oxygen atoms in total. The van der Waals surface area contributed by atoms with Gasteiger partial charge in [-0.3, -0.25) is 4.79 Å². The molecule has 76 valence electrons. The van der Waals surface area contributed by atoms with E-state index in [1.807, 2.05) is 6.07 Å². The first-order chi connectivity index (χ1) is 6.45. The lowest BCUT2D eigenvalue weighted by atomic mass is 9.96. The molecule has 1 rings (SSSR count). The normalized spacial score (nSPS) is 12.6. The van der Waals surface area contributed by atoms with Crippen LogP contribution in [0.5, 0.6) is 0 Å². The van der Waals surface area contributed by atoms with E-state index < -0.39 is 0 Å². The van der Waals surface area contributed by atoms with Gasteiger partial charge in [0.1, 0.15) is 5.78 Å². The minimum Gasteiger partial charge on any atom is -0.298 e. The standard InChI is InChI=1S/C12H15BrO/c1-7-5-6-11(9(3)8(7)2)12(13)10(4)14/h5-6,12H,1-4H3. The Morgan fingerprint density at radius 2 is 1.79 bits per heavy atom. The summed E-state index contributed by atoms with van der Waals surface area (Å²) in [6.07, 6.45) is 0. The van der Waals surface area contributed by atoms with Gasteiger partial charge in [0.2, 0.25) is 0 Å². The van der Waals surface area contributed by atoms with Crippen molar-refractivity contribution >= 4 is 21.7 Å². The van der Waals surface area contributed by atoms with Crippen molar-refractivity contribution in [2.24, 2.45) is 0 Å². The van der Waals surface area contributed by atoms with Gasteiger partial charge < -0.3 is 0 Å². The molecule has 0 heterocycles. The molecule has 2 heteroatoms. The average Bonchev–Trinajstić information content (AvgIpc) is 2.13. The third-order valence-electron chi connectivity index (χ3n) is 2.73. The van der Waals surface area contributed by atoms with Crippen molar-refractivity contribution < 1.29 is 4.79 Å². The number of benzene rings is 1. The minimum atomic E-state index is -0.165. The molecule has 0 aliphatic rings. The van der Waals surface area contributed by atoms with Crippen molar-refractivity contribution in [3.05, 3.63) is 34.4 Å². The zero-order valence-corrected chi connectivity index (χ0v) is 10.6. The van der Waals surface area contributed by atoms with Crippen LogP contribution < -0.4 is 0 Å². The van der Waals surface area contributed by atoms with Crippen molar-refractivity contribution in [2.45, 2.75) is 32.5 Å². The molecule has 0 aromatic heterocycles. The third kappa shape index (κ3) is 2.06. The number of alkyl halides is 1. The van der Waals surface area contributed by atoms with Crippen LogP contribution in [0.3, 0.4) is 0 Å². The van der Waals surface area contributed by atoms with Crippen LogP contribution in [-0.2, 0) is 4.79 Å². The van der Waals surface area contributed by atoms with Crippen LogP contribution >= 0.6 is 15.9 Å². The topological polar surface area (TPSA) is 17.1 Å². The van der Waals surface area contributed by atoms with Gasteiger partial charge in [-0.2, -0.15) is 0 Å². The summed E-state index contributed by atoms with van der Waals surface area (Å²) < 4.78 is 0. The minimum absolute atomic E-state index is 0.149. The van der Waals surface area contributed by atoms with E-state index in [0.29, 0.717) is 0 Å². The third-order valence-corrected chi connectivity index (χ3v) is 3.87. The summed E-state index contributed by atoms with van der Waals surface area (Å²) in [6, 6.07) is 4.09. The molecule has 0 saturated carbocycles. The molecule has 1 aromatic carbocycles. The van der Waals surface area contributed by atoms with Crippen LogP contribution in [0.2, 0.25) is 0 Å². The highest BCUT2D eigenvalue weighted by Crippen LogP contribution is 2.29. The van der Waals surface area contributed by atoms with E-state index in [4.69, 9.17) is 0 Å². The first kappa shape index (κ1) is 11.4. The number of halogens is 1. The predicted molar refractivity (Wildman–Crippen MR) is 63.0 cm³/mol. The van der Waals surface area contributed by atoms with E-state index in [1.54, 1.807) is 6.92 Å². The zero-order chi connectivity index (χ0) is 10.9. The van der Waals surface area contributed by atoms with Crippen LogP contribution in [0.15, 0.2) is 12.1 Å². The smallest absolute Gasteiger partial charge is 0.147 e. The fourth-order valence-electron chi connectivity index (χ4n) is 1.47. The maximum atomic E-state index is 11.2. The number of carbonyl (C=O) groups excluding carboxylic acids is 1. The zero-order valence-electron chi connectivity index (χ0n) is 9.02. The summed E-state index contributed by atoms with van der Waals surface area (Å²) in [5, 5.41) is 0. The Kier molecular flexibility index (Phi) is 3.48. The molecule has 1 atom stereocenters. The molecular formula is C12H15BrO. The van der Waals surface area contributed by atoms with Crippen LogP contribution in [0.4, 0.5) is 0 Å². The van der Waals surface area contributed by atoms with Gasteiger partial charge in [0.15, 0.2) is 0 Å². The molecule has 14 heavy (non-hydrogen) atoms. The average molecular weight is 255 g/mol. The molecule has 1 aromatic rings. The molecule has 0 fully saturated rings. The Morgan fingerprint density at radius 1 is 1.21 bits per heavy atom. The Bertz CT molecular complexity index is 369. The fourth-order valence-corrected chi connectivity index (χ4v) is 1.97. The van der Waals surface area contributed by atoms with Gasteiger partial charge in [-0.15, -0.1) is 0 Å². The van der Waals surface area contributed by atoms with Crippen LogP contribution in [0.1, 0.15) is 34.0 Å². The van der Waals surface area contributed by atoms with E-state index in [2.05, 4.69) is 42.8 Å². The van der Waals surface area contributed by atoms with E-state index in [9.17, 15) is 4.79 Å².